The van der Waals surface area contributed by atoms with E-state index in [9.17, 15) is 15.8 Å². The zero-order chi connectivity index (χ0) is 32.1. The molecule has 1 saturated heterocycles. The van der Waals surface area contributed by atoms with Crippen molar-refractivity contribution in [2.45, 2.75) is 71.9 Å². The number of esters is 1. The number of ether oxygens (including phenoxy) is 3. The van der Waals surface area contributed by atoms with Gasteiger partial charge in [0.15, 0.2) is 6.23 Å². The maximum absolute atomic E-state index is 13.4. The molecule has 1 aliphatic rings. The Morgan fingerprint density at radius 1 is 0.953 bits per heavy atom. The number of carbonyl (C=O) groups is 3. The minimum absolute atomic E-state index is 0.00560. The first-order valence-corrected chi connectivity index (χ1v) is 14.6. The van der Waals surface area contributed by atoms with E-state index in [2.05, 4.69) is 5.32 Å². The van der Waals surface area contributed by atoms with E-state index in [1.807, 2.05) is 63.2 Å². The van der Waals surface area contributed by atoms with Crippen LogP contribution >= 0.6 is 11.6 Å². The van der Waals surface area contributed by atoms with Crippen LogP contribution in [0.5, 0.6) is 5.75 Å². The van der Waals surface area contributed by atoms with Gasteiger partial charge in [-0.25, -0.2) is 9.59 Å². The maximum Gasteiger partial charge on any atom is 0.413 e. The van der Waals surface area contributed by atoms with Crippen molar-refractivity contribution in [1.29, 1.82) is 0 Å². The SMILES string of the molecule is [2H][C@]1(CC(C)(C)Oc2ccc(CCNC(=O)c3ccc(Cl)cc3)cc2)C(=O)O[C@@H](C(C)(C)C)N1C(=O)OCc1ccccc1. The molecule has 9 heteroatoms. The average molecular weight is 608 g/mol. The zero-order valence-corrected chi connectivity index (χ0v) is 25.9. The van der Waals surface area contributed by atoms with Crippen LogP contribution in [0.2, 0.25) is 5.02 Å². The van der Waals surface area contributed by atoms with Crippen LogP contribution in [0.15, 0.2) is 78.9 Å². The molecule has 0 aliphatic carbocycles. The van der Waals surface area contributed by atoms with Gasteiger partial charge in [-0.05, 0) is 67.8 Å². The normalized spacial score (nSPS) is 18.9. The number of benzene rings is 3. The highest BCUT2D eigenvalue weighted by Crippen LogP contribution is 2.37. The number of carbonyl (C=O) groups excluding carboxylic acids is 3. The summed E-state index contributed by atoms with van der Waals surface area (Å²) in [5, 5.41) is 3.46. The molecule has 1 heterocycles. The molecule has 0 aromatic heterocycles. The fourth-order valence-electron chi connectivity index (χ4n) is 4.68. The number of hydrogen-bond acceptors (Lipinski definition) is 6. The average Bonchev–Trinajstić information content (AvgIpc) is 3.22. The standard InChI is InChI=1S/C34H39ClN2O6/c1-33(2,3)31-37(32(40)41-22-24-9-7-6-8-10-24)28(30(39)42-31)21-34(4,5)43-27-17-11-23(12-18-27)19-20-36-29(38)25-13-15-26(35)16-14-25/h6-18,28,31H,19-22H2,1-5H3,(H,36,38)/t28-,31-/m0/s1/i28D. The molecule has 0 spiro atoms. The molecule has 0 unspecified atom stereocenters. The molecule has 0 bridgehead atoms. The van der Waals surface area contributed by atoms with Crippen LogP contribution < -0.4 is 10.1 Å². The van der Waals surface area contributed by atoms with Gasteiger partial charge < -0.3 is 19.5 Å². The molecule has 0 saturated carbocycles. The summed E-state index contributed by atoms with van der Waals surface area (Å²) in [6.07, 6.45) is -1.35. The van der Waals surface area contributed by atoms with Crippen LogP contribution in [-0.4, -0.2) is 47.3 Å². The monoisotopic (exact) mass is 607 g/mol. The van der Waals surface area contributed by atoms with Crippen molar-refractivity contribution in [3.63, 3.8) is 0 Å². The van der Waals surface area contributed by atoms with Gasteiger partial charge in [0.1, 0.15) is 24.0 Å². The Kier molecular flexibility index (Phi) is 9.56. The lowest BCUT2D eigenvalue weighted by atomic mass is 9.92. The van der Waals surface area contributed by atoms with Crippen molar-refractivity contribution in [1.82, 2.24) is 10.2 Å². The molecule has 4 rings (SSSR count). The van der Waals surface area contributed by atoms with Crippen molar-refractivity contribution < 1.29 is 30.0 Å². The highest BCUT2D eigenvalue weighted by molar-refractivity contribution is 6.30. The molecule has 2 atom stereocenters. The van der Waals surface area contributed by atoms with Gasteiger partial charge in [-0.3, -0.25) is 9.69 Å². The summed E-state index contributed by atoms with van der Waals surface area (Å²) in [5.74, 6) is -0.476. The van der Waals surface area contributed by atoms with Gasteiger partial charge in [0.25, 0.3) is 5.91 Å². The summed E-state index contributed by atoms with van der Waals surface area (Å²) >= 11 is 5.89. The van der Waals surface area contributed by atoms with E-state index in [4.69, 9.17) is 25.8 Å². The fraction of sp³-hybridized carbons (Fsp3) is 0.382. The smallest absolute Gasteiger partial charge is 0.413 e. The van der Waals surface area contributed by atoms with Gasteiger partial charge in [-0.15, -0.1) is 0 Å². The first-order chi connectivity index (χ1) is 20.7. The second-order valence-corrected chi connectivity index (χ2v) is 12.6. The number of cyclic esters (lactones) is 1. The number of nitrogens with zero attached hydrogens (tertiary/aromatic N) is 1. The number of halogens is 1. The van der Waals surface area contributed by atoms with E-state index in [-0.39, 0.29) is 18.9 Å². The van der Waals surface area contributed by atoms with Crippen LogP contribution in [-0.2, 0) is 27.3 Å². The van der Waals surface area contributed by atoms with Gasteiger partial charge in [0, 0.05) is 29.0 Å². The second-order valence-electron chi connectivity index (χ2n) is 12.2. The number of hydrogen-bond donors (Lipinski definition) is 1. The Morgan fingerprint density at radius 2 is 1.60 bits per heavy atom. The van der Waals surface area contributed by atoms with Crippen molar-refractivity contribution in [3.8, 4) is 5.75 Å². The summed E-state index contributed by atoms with van der Waals surface area (Å²) in [6, 6.07) is 21.2. The minimum atomic E-state index is -2.07. The summed E-state index contributed by atoms with van der Waals surface area (Å²) in [5.41, 5.74) is 0.601. The van der Waals surface area contributed by atoms with Crippen molar-refractivity contribution in [2.75, 3.05) is 6.54 Å². The Bertz CT molecular complexity index is 1460. The quantitative estimate of drug-likeness (QED) is 0.255. The molecule has 2 amide bonds. The molecular weight excluding hydrogens is 568 g/mol. The number of nitrogens with one attached hydrogen (secondary N) is 1. The molecule has 1 fully saturated rings. The van der Waals surface area contributed by atoms with Crippen LogP contribution in [0.25, 0.3) is 0 Å². The summed E-state index contributed by atoms with van der Waals surface area (Å²) in [6.45, 7) is 9.46. The molecule has 43 heavy (non-hydrogen) atoms. The van der Waals surface area contributed by atoms with Gasteiger partial charge in [0.05, 0.1) is 1.37 Å². The Hall–Kier alpha value is -4.04. The fourth-order valence-corrected chi connectivity index (χ4v) is 4.81. The third-order valence-electron chi connectivity index (χ3n) is 6.84. The summed E-state index contributed by atoms with van der Waals surface area (Å²) in [7, 11) is 0. The largest absolute Gasteiger partial charge is 0.488 e. The number of rotatable bonds is 10. The lowest BCUT2D eigenvalue weighted by Gasteiger charge is -2.35. The van der Waals surface area contributed by atoms with E-state index in [1.54, 1.807) is 50.2 Å². The van der Waals surface area contributed by atoms with Gasteiger partial charge in [-0.1, -0.05) is 74.8 Å². The first kappa shape index (κ1) is 30.4. The predicted octanol–water partition coefficient (Wildman–Crippen LogP) is 6.80. The third-order valence-corrected chi connectivity index (χ3v) is 7.09. The molecule has 1 aliphatic heterocycles. The maximum atomic E-state index is 13.4. The molecule has 1 N–H and O–H groups in total. The van der Waals surface area contributed by atoms with E-state index in [0.29, 0.717) is 29.3 Å². The van der Waals surface area contributed by atoms with Crippen molar-refractivity contribution in [3.05, 3.63) is 101 Å². The topological polar surface area (TPSA) is 94.2 Å². The van der Waals surface area contributed by atoms with Gasteiger partial charge >= 0.3 is 12.1 Å². The molecular formula is C34H39ClN2O6. The molecule has 8 nitrogen and oxygen atoms in total. The van der Waals surface area contributed by atoms with Crippen LogP contribution in [0.1, 0.15) is 63.9 Å². The summed E-state index contributed by atoms with van der Waals surface area (Å²) < 4.78 is 26.7. The Labute approximate surface area is 259 Å². The van der Waals surface area contributed by atoms with E-state index in [0.717, 1.165) is 16.0 Å². The molecule has 3 aromatic carbocycles. The van der Waals surface area contributed by atoms with Crippen LogP contribution in [0, 0.1) is 5.41 Å². The van der Waals surface area contributed by atoms with E-state index in [1.165, 1.54) is 0 Å². The van der Waals surface area contributed by atoms with E-state index >= 15 is 0 Å². The summed E-state index contributed by atoms with van der Waals surface area (Å²) in [4.78, 5) is 40.1. The molecule has 3 aromatic rings. The predicted molar refractivity (Wildman–Crippen MR) is 165 cm³/mol. The lowest BCUT2D eigenvalue weighted by molar-refractivity contribution is -0.147. The Morgan fingerprint density at radius 3 is 2.23 bits per heavy atom. The van der Waals surface area contributed by atoms with Crippen molar-refractivity contribution >= 4 is 29.6 Å². The van der Waals surface area contributed by atoms with Crippen LogP contribution in [0.4, 0.5) is 4.79 Å². The minimum Gasteiger partial charge on any atom is -0.488 e. The van der Waals surface area contributed by atoms with Gasteiger partial charge in [0.2, 0.25) is 0 Å². The second kappa shape index (κ2) is 13.5. The number of amides is 2. The Balaban J connectivity index is 1.40. The van der Waals surface area contributed by atoms with E-state index < -0.39 is 35.3 Å². The van der Waals surface area contributed by atoms with Crippen LogP contribution in [0.3, 0.4) is 0 Å². The lowest BCUT2D eigenvalue weighted by Crippen LogP contribution is -2.50. The first-order valence-electron chi connectivity index (χ1n) is 14.7. The zero-order valence-electron chi connectivity index (χ0n) is 26.2. The third kappa shape index (κ3) is 8.74. The van der Waals surface area contributed by atoms with Gasteiger partial charge in [-0.2, -0.15) is 0 Å². The highest BCUT2D eigenvalue weighted by atomic mass is 35.5. The molecule has 228 valence electrons. The van der Waals surface area contributed by atoms with Crippen molar-refractivity contribution in [2.24, 2.45) is 5.41 Å². The highest BCUT2D eigenvalue weighted by Gasteiger charge is 2.52. The molecule has 0 radical (unpaired) electrons.